The lowest BCUT2D eigenvalue weighted by Crippen LogP contribution is -1.96. The average Bonchev–Trinajstić information content (AvgIpc) is 2.15. The average molecular weight is 213 g/mol. The Hall–Kier alpha value is -1.90. The second kappa shape index (κ2) is 4.31. The summed E-state index contributed by atoms with van der Waals surface area (Å²) in [5, 5.41) is 3.28. The minimum absolute atomic E-state index is 0.831. The van der Waals surface area contributed by atoms with Crippen molar-refractivity contribution < 1.29 is 0 Å². The maximum absolute atomic E-state index is 4.17. The van der Waals surface area contributed by atoms with E-state index in [4.69, 9.17) is 0 Å². The molecule has 0 bridgehead atoms. The molecule has 16 heavy (non-hydrogen) atoms. The molecule has 1 aromatic carbocycles. The topological polar surface area (TPSA) is 37.8 Å². The fourth-order valence-corrected chi connectivity index (χ4v) is 1.72. The van der Waals surface area contributed by atoms with Gasteiger partial charge in [0.25, 0.3) is 0 Å². The molecule has 0 aliphatic heterocycles. The molecule has 0 spiro atoms. The van der Waals surface area contributed by atoms with Gasteiger partial charge in [-0.05, 0) is 44.0 Å². The molecule has 0 amide bonds. The molecule has 0 aliphatic carbocycles. The number of anilines is 2. The highest BCUT2D eigenvalue weighted by atomic mass is 15.0. The van der Waals surface area contributed by atoms with Gasteiger partial charge in [-0.2, -0.15) is 0 Å². The Bertz CT molecular complexity index is 486. The van der Waals surface area contributed by atoms with E-state index in [2.05, 4.69) is 47.3 Å². The smallest absolute Gasteiger partial charge is 0.133 e. The quantitative estimate of drug-likeness (QED) is 0.832. The Morgan fingerprint density at radius 1 is 0.875 bits per heavy atom. The van der Waals surface area contributed by atoms with Gasteiger partial charge in [0, 0.05) is 17.4 Å². The molecule has 0 saturated carbocycles. The number of hydrogen-bond acceptors (Lipinski definition) is 3. The lowest BCUT2D eigenvalue weighted by atomic mass is 10.1. The molecule has 0 saturated heterocycles. The zero-order chi connectivity index (χ0) is 11.5. The predicted molar refractivity (Wildman–Crippen MR) is 66.0 cm³/mol. The Balaban J connectivity index is 2.27. The summed E-state index contributed by atoms with van der Waals surface area (Å²) in [5.41, 5.74) is 4.51. The van der Waals surface area contributed by atoms with E-state index in [1.807, 2.05) is 13.0 Å². The number of benzene rings is 1. The molecule has 1 N–H and O–H groups in total. The van der Waals surface area contributed by atoms with Gasteiger partial charge in [0.2, 0.25) is 0 Å². The van der Waals surface area contributed by atoms with Crippen LogP contribution in [0.15, 0.2) is 30.6 Å². The van der Waals surface area contributed by atoms with Gasteiger partial charge < -0.3 is 5.32 Å². The van der Waals surface area contributed by atoms with Crippen LogP contribution in [-0.4, -0.2) is 9.97 Å². The summed E-state index contributed by atoms with van der Waals surface area (Å²) in [4.78, 5) is 8.24. The van der Waals surface area contributed by atoms with Crippen molar-refractivity contribution in [1.29, 1.82) is 0 Å². The van der Waals surface area contributed by atoms with Gasteiger partial charge in [-0.15, -0.1) is 0 Å². The normalized spacial score (nSPS) is 10.2. The van der Waals surface area contributed by atoms with Gasteiger partial charge in [0.15, 0.2) is 0 Å². The first-order chi connectivity index (χ1) is 7.63. The van der Waals surface area contributed by atoms with Crippen LogP contribution in [0.4, 0.5) is 11.5 Å². The highest BCUT2D eigenvalue weighted by molar-refractivity contribution is 5.58. The van der Waals surface area contributed by atoms with Crippen LogP contribution in [0, 0.1) is 20.8 Å². The van der Waals surface area contributed by atoms with Crippen molar-refractivity contribution in [3.63, 3.8) is 0 Å². The number of rotatable bonds is 2. The fraction of sp³-hybridized carbons (Fsp3) is 0.231. The molecule has 0 radical (unpaired) electrons. The summed E-state index contributed by atoms with van der Waals surface area (Å²) >= 11 is 0. The van der Waals surface area contributed by atoms with Crippen molar-refractivity contribution in [2.75, 3.05) is 5.32 Å². The van der Waals surface area contributed by atoms with Crippen molar-refractivity contribution in [1.82, 2.24) is 9.97 Å². The van der Waals surface area contributed by atoms with Gasteiger partial charge in [0.05, 0.1) is 0 Å². The summed E-state index contributed by atoms with van der Waals surface area (Å²) < 4.78 is 0. The first-order valence-corrected chi connectivity index (χ1v) is 5.27. The second-order valence-electron chi connectivity index (χ2n) is 4.05. The summed E-state index contributed by atoms with van der Waals surface area (Å²) in [6, 6.07) is 8.28. The molecule has 82 valence electrons. The van der Waals surface area contributed by atoms with Crippen LogP contribution in [0.3, 0.4) is 0 Å². The van der Waals surface area contributed by atoms with E-state index in [1.54, 1.807) is 6.33 Å². The van der Waals surface area contributed by atoms with E-state index >= 15 is 0 Å². The van der Waals surface area contributed by atoms with Gasteiger partial charge in [0.1, 0.15) is 12.1 Å². The highest BCUT2D eigenvalue weighted by Gasteiger charge is 1.98. The highest BCUT2D eigenvalue weighted by Crippen LogP contribution is 2.17. The van der Waals surface area contributed by atoms with Crippen molar-refractivity contribution in [3.8, 4) is 0 Å². The Morgan fingerprint density at radius 3 is 2.19 bits per heavy atom. The lowest BCUT2D eigenvalue weighted by molar-refractivity contribution is 1.10. The van der Waals surface area contributed by atoms with E-state index in [9.17, 15) is 0 Å². The van der Waals surface area contributed by atoms with Crippen LogP contribution in [0.2, 0.25) is 0 Å². The van der Waals surface area contributed by atoms with E-state index < -0.39 is 0 Å². The third-order valence-electron chi connectivity index (χ3n) is 2.30. The summed E-state index contributed by atoms with van der Waals surface area (Å²) in [5.74, 6) is 0.831. The van der Waals surface area contributed by atoms with Crippen LogP contribution in [0.1, 0.15) is 16.8 Å². The number of aromatic nitrogens is 2. The maximum Gasteiger partial charge on any atom is 0.133 e. The zero-order valence-electron chi connectivity index (χ0n) is 9.78. The minimum Gasteiger partial charge on any atom is -0.340 e. The predicted octanol–water partition coefficient (Wildman–Crippen LogP) is 3.15. The maximum atomic E-state index is 4.17. The first-order valence-electron chi connectivity index (χ1n) is 5.27. The molecular formula is C13H15N3. The van der Waals surface area contributed by atoms with Crippen molar-refractivity contribution >= 4 is 11.5 Å². The number of aryl methyl sites for hydroxylation is 3. The molecule has 3 nitrogen and oxygen atoms in total. The molecular weight excluding hydrogens is 198 g/mol. The van der Waals surface area contributed by atoms with Crippen LogP contribution in [-0.2, 0) is 0 Å². The Morgan fingerprint density at radius 2 is 1.56 bits per heavy atom. The van der Waals surface area contributed by atoms with Gasteiger partial charge in [-0.25, -0.2) is 9.97 Å². The molecule has 3 heteroatoms. The van der Waals surface area contributed by atoms with Gasteiger partial charge in [-0.1, -0.05) is 6.07 Å². The summed E-state index contributed by atoms with van der Waals surface area (Å²) in [6.45, 7) is 6.13. The van der Waals surface area contributed by atoms with Gasteiger partial charge >= 0.3 is 0 Å². The SMILES string of the molecule is Cc1cc(C)cc(Nc2cc(C)ncn2)c1. The van der Waals surface area contributed by atoms with E-state index in [0.29, 0.717) is 0 Å². The Kier molecular flexibility index (Phi) is 2.86. The number of hydrogen-bond donors (Lipinski definition) is 1. The van der Waals surface area contributed by atoms with Crippen molar-refractivity contribution in [3.05, 3.63) is 47.4 Å². The minimum atomic E-state index is 0.831. The monoisotopic (exact) mass is 213 g/mol. The summed E-state index contributed by atoms with van der Waals surface area (Å²) in [7, 11) is 0. The molecule has 0 aliphatic rings. The first kappa shape index (κ1) is 10.6. The van der Waals surface area contributed by atoms with E-state index in [1.165, 1.54) is 11.1 Å². The standard InChI is InChI=1S/C13H15N3/c1-9-4-10(2)6-12(5-9)16-13-7-11(3)14-8-15-13/h4-8H,1-3H3,(H,14,15,16). The van der Waals surface area contributed by atoms with E-state index in [-0.39, 0.29) is 0 Å². The van der Waals surface area contributed by atoms with Crippen molar-refractivity contribution in [2.45, 2.75) is 20.8 Å². The molecule has 2 rings (SSSR count). The third kappa shape index (κ3) is 2.57. The number of nitrogens with one attached hydrogen (secondary N) is 1. The summed E-state index contributed by atoms with van der Waals surface area (Å²) in [6.07, 6.45) is 1.57. The van der Waals surface area contributed by atoms with Gasteiger partial charge in [-0.3, -0.25) is 0 Å². The third-order valence-corrected chi connectivity index (χ3v) is 2.30. The number of nitrogens with zero attached hydrogens (tertiary/aromatic N) is 2. The molecule has 2 aromatic rings. The van der Waals surface area contributed by atoms with Crippen molar-refractivity contribution in [2.24, 2.45) is 0 Å². The van der Waals surface area contributed by atoms with Crippen LogP contribution in [0.5, 0.6) is 0 Å². The van der Waals surface area contributed by atoms with Crippen LogP contribution in [0.25, 0.3) is 0 Å². The Labute approximate surface area is 95.6 Å². The lowest BCUT2D eigenvalue weighted by Gasteiger charge is -2.07. The molecule has 1 heterocycles. The second-order valence-corrected chi connectivity index (χ2v) is 4.05. The van der Waals surface area contributed by atoms with Crippen LogP contribution < -0.4 is 5.32 Å². The van der Waals surface area contributed by atoms with E-state index in [0.717, 1.165) is 17.2 Å². The molecule has 1 aromatic heterocycles. The zero-order valence-corrected chi connectivity index (χ0v) is 9.78. The molecule has 0 atom stereocenters. The van der Waals surface area contributed by atoms with Crippen LogP contribution >= 0.6 is 0 Å². The largest absolute Gasteiger partial charge is 0.340 e. The fourth-order valence-electron chi connectivity index (χ4n) is 1.72. The molecule has 0 unspecified atom stereocenters. The molecule has 0 fully saturated rings.